The van der Waals surface area contributed by atoms with Crippen LogP contribution in [0.3, 0.4) is 0 Å². The minimum atomic E-state index is 0. The van der Waals surface area contributed by atoms with Crippen LogP contribution in [0.25, 0.3) is 0 Å². The molecule has 0 saturated heterocycles. The number of aromatic nitrogens is 1. The first kappa shape index (κ1) is 23.2. The van der Waals surface area contributed by atoms with E-state index in [1.54, 1.807) is 6.20 Å². The van der Waals surface area contributed by atoms with E-state index < -0.39 is 0 Å². The number of rotatable bonds is 11. The number of guanidine groups is 1. The number of nitrogens with one attached hydrogen (secondary N) is 2. The number of ether oxygens (including phenoxy) is 2. The zero-order valence-electron chi connectivity index (χ0n) is 17.0. The van der Waals surface area contributed by atoms with Crippen molar-refractivity contribution in [1.82, 2.24) is 15.6 Å². The molecule has 0 amide bonds. The molecule has 1 heterocycles. The van der Waals surface area contributed by atoms with Crippen LogP contribution in [0.1, 0.15) is 57.4 Å². The second kappa shape index (κ2) is 13.2. The van der Waals surface area contributed by atoms with Crippen molar-refractivity contribution in [2.45, 2.75) is 64.5 Å². The van der Waals surface area contributed by atoms with Gasteiger partial charge < -0.3 is 20.1 Å². The second-order valence-electron chi connectivity index (χ2n) is 7.49. The highest BCUT2D eigenvalue weighted by molar-refractivity contribution is 14.0. The lowest BCUT2D eigenvalue weighted by Gasteiger charge is -2.15. The van der Waals surface area contributed by atoms with Crippen LogP contribution >= 0.6 is 24.0 Å². The molecule has 3 rings (SSSR count). The van der Waals surface area contributed by atoms with Gasteiger partial charge in [0.1, 0.15) is 6.10 Å². The highest BCUT2D eigenvalue weighted by Gasteiger charge is 2.21. The van der Waals surface area contributed by atoms with Gasteiger partial charge in [0.15, 0.2) is 5.96 Å². The van der Waals surface area contributed by atoms with Gasteiger partial charge in [0.25, 0.3) is 0 Å². The second-order valence-corrected chi connectivity index (χ2v) is 7.49. The molecule has 0 radical (unpaired) electrons. The Morgan fingerprint density at radius 3 is 2.79 bits per heavy atom. The number of hydrogen-bond donors (Lipinski definition) is 2. The maximum absolute atomic E-state index is 6.11. The Morgan fingerprint density at radius 2 is 2.04 bits per heavy atom. The number of nitrogens with zero attached hydrogens (tertiary/aromatic N) is 2. The summed E-state index contributed by atoms with van der Waals surface area (Å²) in [6, 6.07) is 4.00. The maximum Gasteiger partial charge on any atom is 0.218 e. The lowest BCUT2D eigenvalue weighted by molar-refractivity contribution is 0.123. The molecule has 2 aliphatic rings. The van der Waals surface area contributed by atoms with Gasteiger partial charge in [-0.15, -0.1) is 24.0 Å². The minimum Gasteiger partial charge on any atom is -0.474 e. The Kier molecular flexibility index (Phi) is 10.9. The molecule has 1 aromatic rings. The van der Waals surface area contributed by atoms with E-state index in [0.29, 0.717) is 12.6 Å². The predicted molar refractivity (Wildman–Crippen MR) is 124 cm³/mol. The normalized spacial score (nSPS) is 17.2. The molecule has 6 nitrogen and oxygen atoms in total. The molecule has 0 unspecified atom stereocenters. The van der Waals surface area contributed by atoms with Crippen molar-refractivity contribution in [3.05, 3.63) is 23.9 Å². The van der Waals surface area contributed by atoms with Gasteiger partial charge in [0, 0.05) is 38.1 Å². The summed E-state index contributed by atoms with van der Waals surface area (Å²) in [5, 5.41) is 6.69. The quantitative estimate of drug-likeness (QED) is 0.208. The Labute approximate surface area is 186 Å². The Bertz CT molecular complexity index is 590. The summed E-state index contributed by atoms with van der Waals surface area (Å²) in [5.74, 6) is 2.39. The maximum atomic E-state index is 6.11. The van der Waals surface area contributed by atoms with Crippen LogP contribution in [0.4, 0.5) is 0 Å². The summed E-state index contributed by atoms with van der Waals surface area (Å²) in [4.78, 5) is 9.14. The van der Waals surface area contributed by atoms with Crippen molar-refractivity contribution >= 4 is 29.9 Å². The summed E-state index contributed by atoms with van der Waals surface area (Å²) in [6.45, 7) is 6.07. The Hall–Kier alpha value is -1.09. The van der Waals surface area contributed by atoms with Crippen molar-refractivity contribution in [3.63, 3.8) is 0 Å². The molecule has 1 aromatic heterocycles. The summed E-state index contributed by atoms with van der Waals surface area (Å²) < 4.78 is 11.8. The van der Waals surface area contributed by atoms with Gasteiger partial charge >= 0.3 is 0 Å². The van der Waals surface area contributed by atoms with Crippen molar-refractivity contribution in [1.29, 1.82) is 0 Å². The smallest absolute Gasteiger partial charge is 0.218 e. The molecular formula is C21H35IN4O2. The van der Waals surface area contributed by atoms with E-state index >= 15 is 0 Å². The molecule has 2 aliphatic carbocycles. The largest absolute Gasteiger partial charge is 0.474 e. The van der Waals surface area contributed by atoms with Crippen molar-refractivity contribution < 1.29 is 9.47 Å². The van der Waals surface area contributed by atoms with E-state index in [1.807, 2.05) is 6.07 Å². The molecule has 2 N–H and O–H groups in total. The van der Waals surface area contributed by atoms with Gasteiger partial charge in [-0.2, -0.15) is 0 Å². The van der Waals surface area contributed by atoms with E-state index in [4.69, 9.17) is 14.5 Å². The monoisotopic (exact) mass is 502 g/mol. The van der Waals surface area contributed by atoms with E-state index in [9.17, 15) is 0 Å². The van der Waals surface area contributed by atoms with Gasteiger partial charge in [0.05, 0.1) is 6.54 Å². The summed E-state index contributed by atoms with van der Waals surface area (Å²) in [7, 11) is 0. The Morgan fingerprint density at radius 1 is 1.21 bits per heavy atom. The van der Waals surface area contributed by atoms with E-state index in [-0.39, 0.29) is 24.0 Å². The summed E-state index contributed by atoms with van der Waals surface area (Å²) in [5.41, 5.74) is 1.04. The minimum absolute atomic E-state index is 0. The first-order chi connectivity index (χ1) is 13.3. The number of aliphatic imine (C=N–C) groups is 1. The van der Waals surface area contributed by atoms with Crippen LogP contribution < -0.4 is 15.4 Å². The van der Waals surface area contributed by atoms with Crippen LogP contribution in [0.15, 0.2) is 23.3 Å². The molecule has 0 aliphatic heterocycles. The average molecular weight is 502 g/mol. The molecule has 0 aromatic carbocycles. The first-order valence-corrected chi connectivity index (χ1v) is 10.6. The lowest BCUT2D eigenvalue weighted by Crippen LogP contribution is -2.38. The topological polar surface area (TPSA) is 67.8 Å². The van der Waals surface area contributed by atoms with E-state index in [0.717, 1.165) is 68.9 Å². The highest BCUT2D eigenvalue weighted by atomic mass is 127. The van der Waals surface area contributed by atoms with Gasteiger partial charge in [-0.3, -0.25) is 0 Å². The number of halogens is 1. The fourth-order valence-electron chi connectivity index (χ4n) is 3.24. The van der Waals surface area contributed by atoms with Crippen LogP contribution in [-0.2, 0) is 11.3 Å². The standard InChI is InChI=1S/C21H34N4O2.HI/c1-2-22-21(24-13-6-14-26-16-17-10-11-17)25-15-18-7-5-12-23-20(18)27-19-8-3-4-9-19;/h5,7,12,17,19H,2-4,6,8-11,13-16H2,1H3,(H2,22,24,25);1H. The van der Waals surface area contributed by atoms with Gasteiger partial charge in [-0.25, -0.2) is 9.98 Å². The van der Waals surface area contributed by atoms with Crippen LogP contribution in [0.5, 0.6) is 5.88 Å². The first-order valence-electron chi connectivity index (χ1n) is 10.6. The fraction of sp³-hybridized carbons (Fsp3) is 0.714. The molecule has 28 heavy (non-hydrogen) atoms. The van der Waals surface area contributed by atoms with E-state index in [2.05, 4.69) is 28.6 Å². The van der Waals surface area contributed by atoms with Crippen LogP contribution in [0, 0.1) is 5.92 Å². The molecule has 0 spiro atoms. The van der Waals surface area contributed by atoms with Gasteiger partial charge in [-0.1, -0.05) is 6.07 Å². The summed E-state index contributed by atoms with van der Waals surface area (Å²) >= 11 is 0. The number of hydrogen-bond acceptors (Lipinski definition) is 4. The molecule has 0 atom stereocenters. The van der Waals surface area contributed by atoms with Crippen LogP contribution in [0.2, 0.25) is 0 Å². The van der Waals surface area contributed by atoms with Crippen molar-refractivity contribution in [2.24, 2.45) is 10.9 Å². The third kappa shape index (κ3) is 8.51. The number of pyridine rings is 1. The van der Waals surface area contributed by atoms with Gasteiger partial charge in [-0.05, 0) is 63.9 Å². The van der Waals surface area contributed by atoms with Gasteiger partial charge in [0.2, 0.25) is 5.88 Å². The predicted octanol–water partition coefficient (Wildman–Crippen LogP) is 3.89. The summed E-state index contributed by atoms with van der Waals surface area (Å²) in [6.07, 6.45) is 10.5. The third-order valence-corrected chi connectivity index (χ3v) is 4.99. The zero-order chi connectivity index (χ0) is 18.7. The third-order valence-electron chi connectivity index (χ3n) is 4.99. The van der Waals surface area contributed by atoms with Crippen molar-refractivity contribution in [3.8, 4) is 5.88 Å². The van der Waals surface area contributed by atoms with Crippen molar-refractivity contribution in [2.75, 3.05) is 26.3 Å². The van der Waals surface area contributed by atoms with Crippen LogP contribution in [-0.4, -0.2) is 43.4 Å². The lowest BCUT2D eigenvalue weighted by atomic mass is 10.2. The molecule has 7 heteroatoms. The SMILES string of the molecule is CCNC(=NCc1cccnc1OC1CCCC1)NCCCOCC1CC1.I. The average Bonchev–Trinajstić information content (AvgIpc) is 3.37. The highest BCUT2D eigenvalue weighted by Crippen LogP contribution is 2.28. The Balaban J connectivity index is 0.00000280. The molecule has 0 bridgehead atoms. The van der Waals surface area contributed by atoms with E-state index in [1.165, 1.54) is 25.7 Å². The fourth-order valence-corrected chi connectivity index (χ4v) is 3.24. The molecule has 2 saturated carbocycles. The zero-order valence-corrected chi connectivity index (χ0v) is 19.3. The molecule has 2 fully saturated rings. The molecule has 158 valence electrons. The molecular weight excluding hydrogens is 467 g/mol.